The highest BCUT2D eigenvalue weighted by atomic mass is 31.1. The van der Waals surface area contributed by atoms with E-state index in [1.807, 2.05) is 84.9 Å². The van der Waals surface area contributed by atoms with Crippen LogP contribution in [-0.2, 0) is 13.6 Å². The highest BCUT2D eigenvalue weighted by Gasteiger charge is 2.13. The third kappa shape index (κ3) is 3.58. The second-order valence-corrected chi connectivity index (χ2v) is 7.26. The van der Waals surface area contributed by atoms with E-state index in [-0.39, 0.29) is 0 Å². The van der Waals surface area contributed by atoms with Gasteiger partial charge in [0.15, 0.2) is 0 Å². The maximum absolute atomic E-state index is 12.5. The van der Waals surface area contributed by atoms with Gasteiger partial charge in [-0.3, -0.25) is 0 Å². The molecule has 0 radical (unpaired) electrons. The lowest BCUT2D eigenvalue weighted by Gasteiger charge is -2.14. The lowest BCUT2D eigenvalue weighted by molar-refractivity contribution is 0.383. The molecule has 4 aromatic rings. The molecule has 0 spiro atoms. The zero-order chi connectivity index (χ0) is 19.5. The quantitative estimate of drug-likeness (QED) is 0.263. The molecule has 0 N–H and O–H groups in total. The molecule has 0 fully saturated rings. The Bertz CT molecular complexity index is 1120. The first kappa shape index (κ1) is 18.1. The Balaban J connectivity index is 1.52. The molecule has 138 valence electrons. The van der Waals surface area contributed by atoms with Crippen molar-refractivity contribution in [3.05, 3.63) is 109 Å². The highest BCUT2D eigenvalue weighted by molar-refractivity contribution is 7.34. The van der Waals surface area contributed by atoms with Crippen LogP contribution in [-0.4, -0.2) is 0 Å². The average molecular weight is 386 g/mol. The predicted molar refractivity (Wildman–Crippen MR) is 117 cm³/mol. The fraction of sp³-hybridized carbons (Fsp3) is 0. The van der Waals surface area contributed by atoms with Crippen LogP contribution < -0.4 is 0 Å². The first-order valence-corrected chi connectivity index (χ1v) is 10.1. The summed E-state index contributed by atoms with van der Waals surface area (Å²) >= 11 is 0. The second-order valence-electron chi connectivity index (χ2n) is 6.35. The maximum atomic E-state index is 12.5. The highest BCUT2D eigenvalue weighted by Crippen LogP contribution is 2.39. The van der Waals surface area contributed by atoms with Gasteiger partial charge < -0.3 is 9.05 Å². The van der Waals surface area contributed by atoms with Gasteiger partial charge in [-0.2, -0.15) is 0 Å². The molecule has 0 aromatic heterocycles. The summed E-state index contributed by atoms with van der Waals surface area (Å²) in [7, 11) is -2.87. The SMILES string of the molecule is C=C(O[PH](=O)OC(=C)c1cccc2ccccc12)c1cccc2ccccc12. The summed E-state index contributed by atoms with van der Waals surface area (Å²) in [6.07, 6.45) is 0. The Morgan fingerprint density at radius 1 is 0.607 bits per heavy atom. The normalized spacial score (nSPS) is 10.9. The number of hydrogen-bond acceptors (Lipinski definition) is 3. The van der Waals surface area contributed by atoms with Crippen molar-refractivity contribution in [2.45, 2.75) is 0 Å². The lowest BCUT2D eigenvalue weighted by Crippen LogP contribution is -1.90. The van der Waals surface area contributed by atoms with E-state index < -0.39 is 8.25 Å². The number of hydrogen-bond donors (Lipinski definition) is 0. The van der Waals surface area contributed by atoms with Crippen LogP contribution in [0.2, 0.25) is 0 Å². The monoisotopic (exact) mass is 386 g/mol. The van der Waals surface area contributed by atoms with Crippen molar-refractivity contribution < 1.29 is 13.6 Å². The topological polar surface area (TPSA) is 35.5 Å². The van der Waals surface area contributed by atoms with Gasteiger partial charge >= 0.3 is 8.25 Å². The fourth-order valence-electron chi connectivity index (χ4n) is 3.27. The minimum atomic E-state index is -2.87. The molecule has 0 unspecified atom stereocenters. The van der Waals surface area contributed by atoms with Crippen molar-refractivity contribution in [2.75, 3.05) is 0 Å². The molecule has 0 atom stereocenters. The van der Waals surface area contributed by atoms with Crippen LogP contribution in [0.4, 0.5) is 0 Å². The van der Waals surface area contributed by atoms with Crippen molar-refractivity contribution >= 4 is 41.3 Å². The van der Waals surface area contributed by atoms with E-state index in [9.17, 15) is 4.57 Å². The molecule has 28 heavy (non-hydrogen) atoms. The Hall–Kier alpha value is -3.29. The van der Waals surface area contributed by atoms with Crippen LogP contribution in [0.25, 0.3) is 33.1 Å². The minimum Gasteiger partial charge on any atom is -0.418 e. The Kier molecular flexibility index (Phi) is 5.01. The van der Waals surface area contributed by atoms with Gasteiger partial charge in [-0.15, -0.1) is 0 Å². The van der Waals surface area contributed by atoms with E-state index in [0.717, 1.165) is 32.7 Å². The third-order valence-corrected chi connectivity index (χ3v) is 5.42. The fourth-order valence-corrected chi connectivity index (χ4v) is 3.93. The lowest BCUT2D eigenvalue weighted by atomic mass is 10.0. The van der Waals surface area contributed by atoms with Gasteiger partial charge in [0.1, 0.15) is 11.5 Å². The van der Waals surface area contributed by atoms with Gasteiger partial charge in [0.2, 0.25) is 0 Å². The van der Waals surface area contributed by atoms with Crippen molar-refractivity contribution in [3.8, 4) is 0 Å². The number of benzene rings is 4. The Labute approximate surface area is 164 Å². The van der Waals surface area contributed by atoms with Gasteiger partial charge in [0.25, 0.3) is 0 Å². The van der Waals surface area contributed by atoms with Crippen LogP contribution in [0.1, 0.15) is 11.1 Å². The van der Waals surface area contributed by atoms with Gasteiger partial charge in [-0.25, -0.2) is 4.57 Å². The van der Waals surface area contributed by atoms with Gasteiger partial charge in [0, 0.05) is 11.1 Å². The molecule has 0 saturated heterocycles. The molecule has 0 saturated carbocycles. The van der Waals surface area contributed by atoms with E-state index in [1.165, 1.54) is 0 Å². The molecule has 4 aromatic carbocycles. The van der Waals surface area contributed by atoms with E-state index in [4.69, 9.17) is 9.05 Å². The summed E-state index contributed by atoms with van der Waals surface area (Å²) in [6, 6.07) is 27.4. The van der Waals surface area contributed by atoms with Crippen molar-refractivity contribution in [3.63, 3.8) is 0 Å². The molecule has 3 nitrogen and oxygen atoms in total. The molecule has 4 heteroatoms. The summed E-state index contributed by atoms with van der Waals surface area (Å²) in [5.74, 6) is 0.623. The Morgan fingerprint density at radius 3 is 1.46 bits per heavy atom. The predicted octanol–water partition coefficient (Wildman–Crippen LogP) is 7.06. The zero-order valence-electron chi connectivity index (χ0n) is 15.2. The number of fused-ring (bicyclic) bond motifs is 2. The standard InChI is InChI=1S/C24H19O3P/c1-17(21-15-7-11-19-9-3-5-13-23(19)21)26-28(25)27-18(2)22-16-8-12-20-10-4-6-14-24(20)22/h3-16,28H,1-2H2. The van der Waals surface area contributed by atoms with Gasteiger partial charge in [0.05, 0.1) is 0 Å². The smallest absolute Gasteiger partial charge is 0.418 e. The zero-order valence-corrected chi connectivity index (χ0v) is 16.2. The molecule has 0 amide bonds. The second kappa shape index (κ2) is 7.75. The molecule has 0 heterocycles. The van der Waals surface area contributed by atoms with Crippen LogP contribution in [0.5, 0.6) is 0 Å². The van der Waals surface area contributed by atoms with Crippen LogP contribution in [0.15, 0.2) is 98.1 Å². The molecule has 0 aliphatic heterocycles. The molecule has 0 aliphatic rings. The Morgan fingerprint density at radius 2 is 1.00 bits per heavy atom. The van der Waals surface area contributed by atoms with E-state index >= 15 is 0 Å². The van der Waals surface area contributed by atoms with Crippen molar-refractivity contribution in [1.29, 1.82) is 0 Å². The molecule has 0 aliphatic carbocycles. The van der Waals surface area contributed by atoms with Crippen LogP contribution in [0.3, 0.4) is 0 Å². The van der Waals surface area contributed by atoms with E-state index in [1.54, 1.807) is 0 Å². The van der Waals surface area contributed by atoms with E-state index in [2.05, 4.69) is 13.2 Å². The summed E-state index contributed by atoms with van der Waals surface area (Å²) in [5.41, 5.74) is 1.58. The number of rotatable bonds is 6. The minimum absolute atomic E-state index is 0.311. The van der Waals surface area contributed by atoms with Crippen LogP contribution >= 0.6 is 8.25 Å². The van der Waals surface area contributed by atoms with Crippen molar-refractivity contribution in [1.82, 2.24) is 0 Å². The summed E-state index contributed by atoms with van der Waals surface area (Å²) in [4.78, 5) is 0. The van der Waals surface area contributed by atoms with Crippen LogP contribution in [0, 0.1) is 0 Å². The summed E-state index contributed by atoms with van der Waals surface area (Å²) in [5, 5.41) is 4.09. The third-order valence-electron chi connectivity index (χ3n) is 4.59. The molecular weight excluding hydrogens is 367 g/mol. The summed E-state index contributed by atoms with van der Waals surface area (Å²) in [6.45, 7) is 7.88. The van der Waals surface area contributed by atoms with E-state index in [0.29, 0.717) is 11.5 Å². The summed E-state index contributed by atoms with van der Waals surface area (Å²) < 4.78 is 23.5. The maximum Gasteiger partial charge on any atom is 0.418 e. The molecule has 4 rings (SSSR count). The largest absolute Gasteiger partial charge is 0.418 e. The first-order chi connectivity index (χ1) is 13.6. The van der Waals surface area contributed by atoms with Crippen molar-refractivity contribution in [2.24, 2.45) is 0 Å². The first-order valence-electron chi connectivity index (χ1n) is 8.87. The van der Waals surface area contributed by atoms with Gasteiger partial charge in [-0.1, -0.05) is 98.1 Å². The molecule has 0 bridgehead atoms. The van der Waals surface area contributed by atoms with Gasteiger partial charge in [-0.05, 0) is 21.5 Å². The molecular formula is C24H19O3P. The average Bonchev–Trinajstić information content (AvgIpc) is 2.72.